The normalized spacial score (nSPS) is 24.0. The molecule has 0 saturated carbocycles. The number of hydrogen-bond donors (Lipinski definition) is 2. The first-order valence-electron chi connectivity index (χ1n) is 5.09. The number of furan rings is 1. The predicted molar refractivity (Wildman–Crippen MR) is 60.0 cm³/mol. The summed E-state index contributed by atoms with van der Waals surface area (Å²) in [6.07, 6.45) is 3.89. The molecule has 84 valence electrons. The lowest BCUT2D eigenvalue weighted by Crippen LogP contribution is -2.37. The Morgan fingerprint density at radius 1 is 1.60 bits per heavy atom. The van der Waals surface area contributed by atoms with Crippen molar-refractivity contribution in [2.24, 2.45) is 11.8 Å². The molecule has 5 heteroatoms. The maximum Gasteiger partial charge on any atom is 0.173 e. The number of ether oxygens (including phenoxy) is 1. The van der Waals surface area contributed by atoms with E-state index in [1.807, 2.05) is 6.07 Å². The van der Waals surface area contributed by atoms with E-state index in [2.05, 4.69) is 21.4 Å². The van der Waals surface area contributed by atoms with Gasteiger partial charge < -0.3 is 9.15 Å². The van der Waals surface area contributed by atoms with E-state index in [4.69, 9.17) is 15.0 Å². The molecule has 0 amide bonds. The van der Waals surface area contributed by atoms with Crippen molar-refractivity contribution in [2.45, 2.75) is 18.9 Å². The van der Waals surface area contributed by atoms with Crippen molar-refractivity contribution in [3.05, 3.63) is 22.6 Å². The predicted octanol–water partition coefficient (Wildman–Crippen LogP) is 1.97. The summed E-state index contributed by atoms with van der Waals surface area (Å²) < 4.78 is 11.4. The molecule has 2 heterocycles. The van der Waals surface area contributed by atoms with E-state index in [1.165, 1.54) is 0 Å². The molecule has 0 radical (unpaired) electrons. The number of halogens is 1. The first-order valence-corrected chi connectivity index (χ1v) is 5.89. The minimum absolute atomic E-state index is 0.0958. The molecule has 2 rings (SSSR count). The summed E-state index contributed by atoms with van der Waals surface area (Å²) in [5.41, 5.74) is 3.91. The van der Waals surface area contributed by atoms with Gasteiger partial charge in [-0.05, 0) is 34.8 Å². The van der Waals surface area contributed by atoms with Crippen molar-refractivity contribution in [3.8, 4) is 0 Å². The maximum absolute atomic E-state index is 5.60. The van der Waals surface area contributed by atoms with E-state index in [0.29, 0.717) is 5.92 Å². The van der Waals surface area contributed by atoms with E-state index in [-0.39, 0.29) is 6.04 Å². The summed E-state index contributed by atoms with van der Waals surface area (Å²) in [5.74, 6) is 6.01. The topological polar surface area (TPSA) is 60.4 Å². The summed E-state index contributed by atoms with van der Waals surface area (Å²) in [6, 6.07) is 2.03. The van der Waals surface area contributed by atoms with Crippen LogP contribution >= 0.6 is 15.9 Å². The smallest absolute Gasteiger partial charge is 0.173 e. The van der Waals surface area contributed by atoms with Gasteiger partial charge in [0.2, 0.25) is 0 Å². The second-order valence-corrected chi connectivity index (χ2v) is 4.49. The molecule has 1 aliphatic heterocycles. The van der Waals surface area contributed by atoms with Crippen LogP contribution in [0.2, 0.25) is 0 Å². The third-order valence-corrected chi connectivity index (χ3v) is 3.47. The van der Waals surface area contributed by atoms with E-state index >= 15 is 0 Å². The van der Waals surface area contributed by atoms with Crippen LogP contribution in [0.3, 0.4) is 0 Å². The van der Waals surface area contributed by atoms with Gasteiger partial charge in [0.15, 0.2) is 4.67 Å². The second kappa shape index (κ2) is 5.12. The van der Waals surface area contributed by atoms with Crippen LogP contribution in [-0.4, -0.2) is 13.2 Å². The second-order valence-electron chi connectivity index (χ2n) is 3.77. The number of hydrazine groups is 1. The number of nitrogens with one attached hydrogen (secondary N) is 1. The van der Waals surface area contributed by atoms with Crippen LogP contribution in [0.25, 0.3) is 0 Å². The molecule has 1 aliphatic rings. The van der Waals surface area contributed by atoms with Crippen LogP contribution in [0, 0.1) is 5.92 Å². The van der Waals surface area contributed by atoms with Gasteiger partial charge >= 0.3 is 0 Å². The molecular formula is C10H15BrN2O2. The Labute approximate surface area is 97.3 Å². The Morgan fingerprint density at radius 2 is 2.47 bits per heavy atom. The Kier molecular flexibility index (Phi) is 3.80. The van der Waals surface area contributed by atoms with Gasteiger partial charge in [-0.3, -0.25) is 11.3 Å². The highest BCUT2D eigenvalue weighted by molar-refractivity contribution is 9.10. The van der Waals surface area contributed by atoms with Gasteiger partial charge in [0.25, 0.3) is 0 Å². The molecule has 1 fully saturated rings. The SMILES string of the molecule is NNC(c1ccoc1Br)C1CCCOC1. The van der Waals surface area contributed by atoms with Gasteiger partial charge in [-0.15, -0.1) is 0 Å². The van der Waals surface area contributed by atoms with E-state index in [9.17, 15) is 0 Å². The highest BCUT2D eigenvalue weighted by atomic mass is 79.9. The molecule has 1 aromatic heterocycles. The van der Waals surface area contributed by atoms with E-state index < -0.39 is 0 Å². The average molecular weight is 275 g/mol. The first-order chi connectivity index (χ1) is 7.33. The highest BCUT2D eigenvalue weighted by Crippen LogP contribution is 2.32. The lowest BCUT2D eigenvalue weighted by Gasteiger charge is -2.29. The zero-order valence-corrected chi connectivity index (χ0v) is 10.00. The summed E-state index contributed by atoms with van der Waals surface area (Å²) in [4.78, 5) is 0. The summed E-state index contributed by atoms with van der Waals surface area (Å²) in [5, 5.41) is 0. The molecule has 1 saturated heterocycles. The fourth-order valence-electron chi connectivity index (χ4n) is 2.03. The third kappa shape index (κ3) is 2.42. The molecule has 2 atom stereocenters. The minimum Gasteiger partial charge on any atom is -0.457 e. The van der Waals surface area contributed by atoms with Crippen LogP contribution in [0.15, 0.2) is 21.4 Å². The molecule has 0 aliphatic carbocycles. The number of nitrogens with two attached hydrogens (primary N) is 1. The molecule has 4 nitrogen and oxygen atoms in total. The fourth-order valence-corrected chi connectivity index (χ4v) is 2.52. The lowest BCUT2D eigenvalue weighted by atomic mass is 9.90. The van der Waals surface area contributed by atoms with Gasteiger partial charge in [0, 0.05) is 18.1 Å². The summed E-state index contributed by atoms with van der Waals surface area (Å²) in [6.45, 7) is 1.62. The van der Waals surface area contributed by atoms with Gasteiger partial charge in [-0.25, -0.2) is 0 Å². The molecule has 0 spiro atoms. The fraction of sp³-hybridized carbons (Fsp3) is 0.600. The van der Waals surface area contributed by atoms with Crippen molar-refractivity contribution >= 4 is 15.9 Å². The van der Waals surface area contributed by atoms with Crippen molar-refractivity contribution in [2.75, 3.05) is 13.2 Å². The summed E-state index contributed by atoms with van der Waals surface area (Å²) in [7, 11) is 0. The van der Waals surface area contributed by atoms with Crippen LogP contribution in [-0.2, 0) is 4.74 Å². The van der Waals surface area contributed by atoms with Gasteiger partial charge in [0.1, 0.15) is 0 Å². The Balaban J connectivity index is 2.12. The van der Waals surface area contributed by atoms with Crippen LogP contribution in [0.1, 0.15) is 24.4 Å². The average Bonchev–Trinajstić information content (AvgIpc) is 2.68. The molecule has 3 N–H and O–H groups in total. The molecule has 1 aromatic rings. The maximum atomic E-state index is 5.60. The van der Waals surface area contributed by atoms with Gasteiger partial charge in [-0.1, -0.05) is 0 Å². The van der Waals surface area contributed by atoms with Crippen molar-refractivity contribution in [1.29, 1.82) is 0 Å². The van der Waals surface area contributed by atoms with Crippen molar-refractivity contribution < 1.29 is 9.15 Å². The van der Waals surface area contributed by atoms with Crippen LogP contribution in [0.5, 0.6) is 0 Å². The van der Waals surface area contributed by atoms with Crippen molar-refractivity contribution in [1.82, 2.24) is 5.43 Å². The Bertz CT molecular complexity index is 310. The van der Waals surface area contributed by atoms with Crippen molar-refractivity contribution in [3.63, 3.8) is 0 Å². The zero-order valence-electron chi connectivity index (χ0n) is 8.41. The highest BCUT2D eigenvalue weighted by Gasteiger charge is 2.27. The monoisotopic (exact) mass is 274 g/mol. The summed E-state index contributed by atoms with van der Waals surface area (Å²) >= 11 is 3.37. The number of rotatable bonds is 3. The first kappa shape index (κ1) is 11.1. The molecule has 2 unspecified atom stereocenters. The standard InChI is InChI=1S/C10H15BrN2O2/c11-10-8(3-5-15-10)9(13-12)7-2-1-4-14-6-7/h3,5,7,9,13H,1-2,4,6,12H2. The molecule has 0 aromatic carbocycles. The zero-order chi connectivity index (χ0) is 10.7. The van der Waals surface area contributed by atoms with Gasteiger partial charge in [0.05, 0.1) is 18.9 Å². The van der Waals surface area contributed by atoms with E-state index in [1.54, 1.807) is 6.26 Å². The largest absolute Gasteiger partial charge is 0.457 e. The van der Waals surface area contributed by atoms with Crippen LogP contribution in [0.4, 0.5) is 0 Å². The van der Waals surface area contributed by atoms with Gasteiger partial charge in [-0.2, -0.15) is 0 Å². The lowest BCUT2D eigenvalue weighted by molar-refractivity contribution is 0.0388. The van der Waals surface area contributed by atoms with Crippen LogP contribution < -0.4 is 11.3 Å². The molecular weight excluding hydrogens is 260 g/mol. The Morgan fingerprint density at radius 3 is 3.00 bits per heavy atom. The number of hydrogen-bond acceptors (Lipinski definition) is 4. The minimum atomic E-state index is 0.0958. The van der Waals surface area contributed by atoms with E-state index in [0.717, 1.165) is 36.3 Å². The quantitative estimate of drug-likeness (QED) is 0.654. The Hall–Kier alpha value is -0.360. The molecule has 0 bridgehead atoms. The third-order valence-electron chi connectivity index (χ3n) is 2.83. The molecule has 15 heavy (non-hydrogen) atoms.